The maximum atomic E-state index is 13.6. The lowest BCUT2D eigenvalue weighted by Crippen LogP contribution is -2.21. The van der Waals surface area contributed by atoms with Crippen LogP contribution in [0.3, 0.4) is 0 Å². The Morgan fingerprint density at radius 1 is 1.50 bits per heavy atom. The maximum Gasteiger partial charge on any atom is 0.130 e. The molecule has 0 aromatic heterocycles. The van der Waals surface area contributed by atoms with Gasteiger partial charge < -0.3 is 10.8 Å². The minimum atomic E-state index is -0.294. The van der Waals surface area contributed by atoms with Gasteiger partial charge in [-0.25, -0.2) is 4.39 Å². The lowest BCUT2D eigenvalue weighted by atomic mass is 9.95. The Kier molecular flexibility index (Phi) is 2.27. The highest BCUT2D eigenvalue weighted by Crippen LogP contribution is 2.52. The number of aromatic hydroxyl groups is 1. The molecule has 3 N–H and O–H groups in total. The fourth-order valence-electron chi connectivity index (χ4n) is 1.73. The van der Waals surface area contributed by atoms with Gasteiger partial charge in [-0.3, -0.25) is 0 Å². The van der Waals surface area contributed by atoms with Crippen LogP contribution >= 0.6 is 15.9 Å². The van der Waals surface area contributed by atoms with E-state index in [-0.39, 0.29) is 17.0 Å². The second kappa shape index (κ2) is 3.21. The fourth-order valence-corrected chi connectivity index (χ4v) is 2.48. The van der Waals surface area contributed by atoms with Crippen molar-refractivity contribution in [2.24, 2.45) is 5.73 Å². The maximum absolute atomic E-state index is 13.6. The van der Waals surface area contributed by atoms with Crippen LogP contribution in [0.15, 0.2) is 16.6 Å². The molecule has 0 unspecified atom stereocenters. The van der Waals surface area contributed by atoms with Gasteiger partial charge in [0.25, 0.3) is 0 Å². The van der Waals surface area contributed by atoms with Crippen LogP contribution in [-0.4, -0.2) is 11.7 Å². The summed E-state index contributed by atoms with van der Waals surface area (Å²) in [5.41, 5.74) is 5.90. The zero-order valence-corrected chi connectivity index (χ0v) is 9.14. The first-order valence-electron chi connectivity index (χ1n) is 4.48. The van der Waals surface area contributed by atoms with E-state index < -0.39 is 0 Å². The number of phenolic OH excluding ortho intramolecular Hbond substituents is 1. The van der Waals surface area contributed by atoms with Gasteiger partial charge in [0.1, 0.15) is 11.6 Å². The van der Waals surface area contributed by atoms with Gasteiger partial charge in [0.05, 0.1) is 4.47 Å². The molecule has 1 fully saturated rings. The third-order valence-corrected chi connectivity index (χ3v) is 3.65. The van der Waals surface area contributed by atoms with Crippen molar-refractivity contribution in [3.8, 4) is 5.75 Å². The largest absolute Gasteiger partial charge is 0.507 e. The quantitative estimate of drug-likeness (QED) is 0.856. The summed E-state index contributed by atoms with van der Waals surface area (Å²) in [6, 6.07) is 2.63. The van der Waals surface area contributed by atoms with E-state index >= 15 is 0 Å². The van der Waals surface area contributed by atoms with Crippen LogP contribution in [0.2, 0.25) is 0 Å². The Morgan fingerprint density at radius 3 is 2.64 bits per heavy atom. The van der Waals surface area contributed by atoms with Gasteiger partial charge in [-0.15, -0.1) is 0 Å². The molecule has 2 nitrogen and oxygen atoms in total. The smallest absolute Gasteiger partial charge is 0.130 e. The highest BCUT2D eigenvalue weighted by Gasteiger charge is 2.46. The minimum absolute atomic E-state index is 0.0705. The summed E-state index contributed by atoms with van der Waals surface area (Å²) in [4.78, 5) is 0. The van der Waals surface area contributed by atoms with Crippen molar-refractivity contribution in [1.82, 2.24) is 0 Å². The Balaban J connectivity index is 2.57. The third-order valence-electron chi connectivity index (χ3n) is 2.85. The van der Waals surface area contributed by atoms with Crippen molar-refractivity contribution in [3.05, 3.63) is 28.0 Å². The van der Waals surface area contributed by atoms with Crippen LogP contribution < -0.4 is 5.73 Å². The molecule has 0 heterocycles. The van der Waals surface area contributed by atoms with E-state index in [1.807, 2.05) is 0 Å². The van der Waals surface area contributed by atoms with Crippen LogP contribution in [0.1, 0.15) is 18.4 Å². The standard InChI is InChI=1S/C10H11BrFNO/c11-9-7(14)2-1-6(12)8(9)10(5-13)3-4-10/h1-2,14H,3-5,13H2. The fraction of sp³-hybridized carbons (Fsp3) is 0.400. The van der Waals surface area contributed by atoms with E-state index in [1.54, 1.807) is 0 Å². The molecular weight excluding hydrogens is 249 g/mol. The first-order chi connectivity index (χ1) is 6.60. The minimum Gasteiger partial charge on any atom is -0.507 e. The number of halogens is 2. The molecule has 2 rings (SSSR count). The van der Waals surface area contributed by atoms with Crippen molar-refractivity contribution < 1.29 is 9.50 Å². The number of nitrogens with two attached hydrogens (primary N) is 1. The van der Waals surface area contributed by atoms with Crippen LogP contribution in [0.25, 0.3) is 0 Å². The molecule has 1 saturated carbocycles. The molecule has 0 aliphatic heterocycles. The first kappa shape index (κ1) is 9.93. The van der Waals surface area contributed by atoms with Gasteiger partial charge in [0.2, 0.25) is 0 Å². The van der Waals surface area contributed by atoms with Gasteiger partial charge in [-0.1, -0.05) is 0 Å². The van der Waals surface area contributed by atoms with Crippen molar-refractivity contribution in [1.29, 1.82) is 0 Å². The van der Waals surface area contributed by atoms with Crippen molar-refractivity contribution in [2.75, 3.05) is 6.54 Å². The Morgan fingerprint density at radius 2 is 2.14 bits per heavy atom. The SMILES string of the molecule is NCC1(c2c(F)ccc(O)c2Br)CC1. The molecule has 0 radical (unpaired) electrons. The van der Waals surface area contributed by atoms with E-state index in [4.69, 9.17) is 5.73 Å². The van der Waals surface area contributed by atoms with Crippen molar-refractivity contribution in [2.45, 2.75) is 18.3 Å². The van der Waals surface area contributed by atoms with Crippen LogP contribution in [0.5, 0.6) is 5.75 Å². The molecule has 0 saturated heterocycles. The Hall–Kier alpha value is -0.610. The molecule has 1 aliphatic carbocycles. The van der Waals surface area contributed by atoms with Gasteiger partial charge >= 0.3 is 0 Å². The van der Waals surface area contributed by atoms with E-state index in [0.717, 1.165) is 12.8 Å². The summed E-state index contributed by atoms with van der Waals surface area (Å²) in [6.07, 6.45) is 1.78. The number of hydrogen-bond donors (Lipinski definition) is 2. The van der Waals surface area contributed by atoms with Gasteiger partial charge in [0.15, 0.2) is 0 Å². The normalized spacial score (nSPS) is 18.2. The van der Waals surface area contributed by atoms with Crippen LogP contribution in [0, 0.1) is 5.82 Å². The number of hydrogen-bond acceptors (Lipinski definition) is 2. The average Bonchev–Trinajstić information content (AvgIpc) is 2.93. The van der Waals surface area contributed by atoms with E-state index in [9.17, 15) is 9.50 Å². The second-order valence-corrected chi connectivity index (χ2v) is 4.53. The van der Waals surface area contributed by atoms with Gasteiger partial charge in [0, 0.05) is 17.5 Å². The molecule has 1 aliphatic rings. The van der Waals surface area contributed by atoms with Crippen molar-refractivity contribution in [3.63, 3.8) is 0 Å². The molecule has 0 atom stereocenters. The summed E-state index contributed by atoms with van der Waals surface area (Å²) in [5.74, 6) is -0.223. The number of benzene rings is 1. The lowest BCUT2D eigenvalue weighted by Gasteiger charge is -2.16. The van der Waals surface area contributed by atoms with Gasteiger partial charge in [-0.05, 0) is 40.9 Å². The summed E-state index contributed by atoms with van der Waals surface area (Å²) >= 11 is 3.20. The number of rotatable bonds is 2. The molecule has 1 aromatic carbocycles. The van der Waals surface area contributed by atoms with Crippen LogP contribution in [-0.2, 0) is 5.41 Å². The Bertz CT molecular complexity index is 377. The summed E-state index contributed by atoms with van der Waals surface area (Å²) in [6.45, 7) is 0.423. The molecule has 0 bridgehead atoms. The molecule has 1 aromatic rings. The zero-order chi connectivity index (χ0) is 10.3. The molecule has 14 heavy (non-hydrogen) atoms. The predicted octanol–water partition coefficient (Wildman–Crippen LogP) is 2.28. The molecule has 4 heteroatoms. The summed E-state index contributed by atoms with van der Waals surface area (Å²) < 4.78 is 14.0. The van der Waals surface area contributed by atoms with Crippen LogP contribution in [0.4, 0.5) is 4.39 Å². The molecular formula is C10H11BrFNO. The van der Waals surface area contributed by atoms with E-state index in [0.29, 0.717) is 16.6 Å². The molecule has 76 valence electrons. The highest BCUT2D eigenvalue weighted by atomic mass is 79.9. The third kappa shape index (κ3) is 1.33. The number of phenols is 1. The lowest BCUT2D eigenvalue weighted by molar-refractivity contribution is 0.464. The summed E-state index contributed by atoms with van der Waals surface area (Å²) in [7, 11) is 0. The van der Waals surface area contributed by atoms with E-state index in [2.05, 4.69) is 15.9 Å². The van der Waals surface area contributed by atoms with E-state index in [1.165, 1.54) is 12.1 Å². The van der Waals surface area contributed by atoms with Gasteiger partial charge in [-0.2, -0.15) is 0 Å². The topological polar surface area (TPSA) is 46.2 Å². The first-order valence-corrected chi connectivity index (χ1v) is 5.27. The average molecular weight is 260 g/mol. The second-order valence-electron chi connectivity index (χ2n) is 3.74. The highest BCUT2D eigenvalue weighted by molar-refractivity contribution is 9.10. The summed E-state index contributed by atoms with van der Waals surface area (Å²) in [5, 5.41) is 9.46. The molecule has 0 amide bonds. The Labute approximate surface area is 90.1 Å². The zero-order valence-electron chi connectivity index (χ0n) is 7.56. The predicted molar refractivity (Wildman–Crippen MR) is 55.7 cm³/mol. The molecule has 0 spiro atoms. The monoisotopic (exact) mass is 259 g/mol. The van der Waals surface area contributed by atoms with Crippen molar-refractivity contribution >= 4 is 15.9 Å².